The minimum atomic E-state index is -0.278. The van der Waals surface area contributed by atoms with Crippen LogP contribution < -0.4 is 5.56 Å². The number of hydrogen-bond acceptors (Lipinski definition) is 4. The summed E-state index contributed by atoms with van der Waals surface area (Å²) in [5.41, 5.74) is 0.724. The minimum Gasteiger partial charge on any atom is -0.392 e. The molecule has 18 heavy (non-hydrogen) atoms. The Kier molecular flexibility index (Phi) is 4.14. The summed E-state index contributed by atoms with van der Waals surface area (Å²) < 4.78 is 0. The van der Waals surface area contributed by atoms with Crippen LogP contribution in [0.15, 0.2) is 10.9 Å². The number of aliphatic hydroxyl groups excluding tert-OH is 1. The highest BCUT2D eigenvalue weighted by molar-refractivity contribution is 5.02. The van der Waals surface area contributed by atoms with E-state index in [1.807, 2.05) is 6.92 Å². The van der Waals surface area contributed by atoms with Crippen molar-refractivity contribution in [2.75, 3.05) is 13.1 Å². The van der Waals surface area contributed by atoms with E-state index in [0.717, 1.165) is 25.1 Å². The number of aromatic nitrogens is 2. The largest absolute Gasteiger partial charge is 0.392 e. The van der Waals surface area contributed by atoms with Gasteiger partial charge in [-0.25, -0.2) is 4.98 Å². The molecule has 2 heterocycles. The zero-order chi connectivity index (χ0) is 13.1. The molecule has 1 aromatic heterocycles. The maximum atomic E-state index is 11.5. The van der Waals surface area contributed by atoms with E-state index < -0.39 is 0 Å². The Morgan fingerprint density at radius 2 is 2.39 bits per heavy atom. The average molecular weight is 251 g/mol. The third kappa shape index (κ3) is 3.17. The van der Waals surface area contributed by atoms with Crippen molar-refractivity contribution in [3.8, 4) is 0 Å². The first-order valence-electron chi connectivity index (χ1n) is 6.58. The molecule has 2 N–H and O–H groups in total. The first-order valence-corrected chi connectivity index (χ1v) is 6.58. The van der Waals surface area contributed by atoms with Gasteiger partial charge in [0.1, 0.15) is 5.82 Å². The van der Waals surface area contributed by atoms with Gasteiger partial charge in [-0.15, -0.1) is 0 Å². The van der Waals surface area contributed by atoms with E-state index in [0.29, 0.717) is 24.8 Å². The van der Waals surface area contributed by atoms with Crippen LogP contribution >= 0.6 is 0 Å². The molecule has 0 saturated carbocycles. The number of likely N-dealkylation sites (tertiary alicyclic amines) is 1. The fourth-order valence-corrected chi connectivity index (χ4v) is 2.29. The summed E-state index contributed by atoms with van der Waals surface area (Å²) in [4.78, 5) is 20.8. The second kappa shape index (κ2) is 5.63. The normalized spacial score (nSPS) is 25.3. The molecule has 5 heteroatoms. The Morgan fingerprint density at radius 3 is 3.06 bits per heavy atom. The van der Waals surface area contributed by atoms with E-state index in [4.69, 9.17) is 0 Å². The molecule has 1 fully saturated rings. The molecular formula is C13H21N3O2. The number of H-pyrrole nitrogens is 1. The highest BCUT2D eigenvalue weighted by Crippen LogP contribution is 2.17. The Labute approximate surface area is 107 Å². The number of nitrogens with zero attached hydrogens (tertiary/aromatic N) is 2. The van der Waals surface area contributed by atoms with Gasteiger partial charge < -0.3 is 10.1 Å². The smallest absolute Gasteiger partial charge is 0.251 e. The summed E-state index contributed by atoms with van der Waals surface area (Å²) in [5.74, 6) is 1.05. The van der Waals surface area contributed by atoms with Crippen LogP contribution in [0.2, 0.25) is 0 Å². The van der Waals surface area contributed by atoms with E-state index in [2.05, 4.69) is 21.8 Å². The molecule has 0 radical (unpaired) electrons. The van der Waals surface area contributed by atoms with Crippen LogP contribution in [0.5, 0.6) is 0 Å². The maximum Gasteiger partial charge on any atom is 0.251 e. The van der Waals surface area contributed by atoms with Crippen molar-refractivity contribution >= 4 is 0 Å². The van der Waals surface area contributed by atoms with Gasteiger partial charge in [-0.2, -0.15) is 0 Å². The van der Waals surface area contributed by atoms with E-state index in [1.54, 1.807) is 0 Å². The molecule has 2 rings (SSSR count). The fourth-order valence-electron chi connectivity index (χ4n) is 2.29. The number of nitrogens with one attached hydrogen (secondary N) is 1. The van der Waals surface area contributed by atoms with Crippen LogP contribution in [0.4, 0.5) is 0 Å². The summed E-state index contributed by atoms with van der Waals surface area (Å²) in [6.07, 6.45) is 1.47. The summed E-state index contributed by atoms with van der Waals surface area (Å²) in [5, 5.41) is 9.85. The molecule has 1 aliphatic rings. The summed E-state index contributed by atoms with van der Waals surface area (Å²) in [7, 11) is 0. The average Bonchev–Trinajstić information content (AvgIpc) is 2.33. The Bertz CT molecular complexity index is 458. The number of rotatable bonds is 3. The van der Waals surface area contributed by atoms with Crippen molar-refractivity contribution in [2.24, 2.45) is 5.92 Å². The molecule has 100 valence electrons. The molecule has 0 bridgehead atoms. The predicted octanol–water partition coefficient (Wildman–Crippen LogP) is 0.535. The van der Waals surface area contributed by atoms with Crippen LogP contribution in [-0.4, -0.2) is 39.2 Å². The monoisotopic (exact) mass is 251 g/mol. The van der Waals surface area contributed by atoms with Crippen molar-refractivity contribution in [1.29, 1.82) is 0 Å². The standard InChI is InChI=1S/C13H21N3O2/c1-3-10-6-13(18)15-12(14-10)8-16-5-4-9(2)11(17)7-16/h6,9,11,17H,3-5,7-8H2,1-2H3,(H,14,15,18). The zero-order valence-corrected chi connectivity index (χ0v) is 11.0. The van der Waals surface area contributed by atoms with Crippen molar-refractivity contribution < 1.29 is 5.11 Å². The first-order chi connectivity index (χ1) is 8.58. The van der Waals surface area contributed by atoms with Crippen LogP contribution in [-0.2, 0) is 13.0 Å². The quantitative estimate of drug-likeness (QED) is 0.822. The Hall–Kier alpha value is -1.20. The van der Waals surface area contributed by atoms with Gasteiger partial charge in [-0.1, -0.05) is 13.8 Å². The zero-order valence-electron chi connectivity index (χ0n) is 11.0. The summed E-state index contributed by atoms with van der Waals surface area (Å²) >= 11 is 0. The molecule has 1 aromatic rings. The van der Waals surface area contributed by atoms with Crippen LogP contribution in [0.1, 0.15) is 31.8 Å². The first kappa shape index (κ1) is 13.2. The fraction of sp³-hybridized carbons (Fsp3) is 0.692. The van der Waals surface area contributed by atoms with Crippen molar-refractivity contribution in [3.05, 3.63) is 27.9 Å². The summed E-state index contributed by atoms with van der Waals surface area (Å²) in [6, 6.07) is 1.54. The second-order valence-corrected chi connectivity index (χ2v) is 5.11. The summed E-state index contributed by atoms with van der Waals surface area (Å²) in [6.45, 7) is 6.25. The lowest BCUT2D eigenvalue weighted by Crippen LogP contribution is -2.42. The van der Waals surface area contributed by atoms with Gasteiger partial charge >= 0.3 is 0 Å². The van der Waals surface area contributed by atoms with Gasteiger partial charge in [0.25, 0.3) is 5.56 Å². The Balaban J connectivity index is 2.05. The lowest BCUT2D eigenvalue weighted by Gasteiger charge is -2.33. The molecule has 2 unspecified atom stereocenters. The molecule has 0 aliphatic carbocycles. The van der Waals surface area contributed by atoms with E-state index in [1.165, 1.54) is 6.07 Å². The number of aryl methyl sites for hydroxylation is 1. The number of aromatic amines is 1. The minimum absolute atomic E-state index is 0.0947. The third-order valence-electron chi connectivity index (χ3n) is 3.58. The van der Waals surface area contributed by atoms with Gasteiger partial charge in [-0.05, 0) is 25.3 Å². The topological polar surface area (TPSA) is 69.2 Å². The maximum absolute atomic E-state index is 11.5. The molecular weight excluding hydrogens is 230 g/mol. The van der Waals surface area contributed by atoms with E-state index >= 15 is 0 Å². The molecule has 5 nitrogen and oxygen atoms in total. The number of β-amino-alcohol motifs (C(OH)–C–C–N with tert-alkyl or cyclic N) is 1. The molecule has 1 aliphatic heterocycles. The Morgan fingerprint density at radius 1 is 1.61 bits per heavy atom. The lowest BCUT2D eigenvalue weighted by atomic mass is 9.96. The lowest BCUT2D eigenvalue weighted by molar-refractivity contribution is 0.0248. The molecule has 0 amide bonds. The van der Waals surface area contributed by atoms with Gasteiger partial charge in [0.2, 0.25) is 0 Å². The van der Waals surface area contributed by atoms with E-state index in [-0.39, 0.29) is 11.7 Å². The molecule has 2 atom stereocenters. The van der Waals surface area contributed by atoms with Gasteiger partial charge in [0.05, 0.1) is 12.6 Å². The second-order valence-electron chi connectivity index (χ2n) is 5.11. The highest BCUT2D eigenvalue weighted by atomic mass is 16.3. The molecule has 1 saturated heterocycles. The molecule has 0 aromatic carbocycles. The number of hydrogen-bond donors (Lipinski definition) is 2. The highest BCUT2D eigenvalue weighted by Gasteiger charge is 2.24. The number of aliphatic hydroxyl groups is 1. The van der Waals surface area contributed by atoms with Gasteiger partial charge in [0, 0.05) is 18.3 Å². The van der Waals surface area contributed by atoms with Gasteiger partial charge in [-0.3, -0.25) is 9.69 Å². The predicted molar refractivity (Wildman–Crippen MR) is 69.3 cm³/mol. The van der Waals surface area contributed by atoms with Crippen molar-refractivity contribution in [1.82, 2.24) is 14.9 Å². The van der Waals surface area contributed by atoms with E-state index in [9.17, 15) is 9.90 Å². The molecule has 0 spiro atoms. The number of piperidine rings is 1. The van der Waals surface area contributed by atoms with Gasteiger partial charge in [0.15, 0.2) is 0 Å². The van der Waals surface area contributed by atoms with Crippen molar-refractivity contribution in [3.63, 3.8) is 0 Å². The van der Waals surface area contributed by atoms with Crippen LogP contribution in [0.3, 0.4) is 0 Å². The van der Waals surface area contributed by atoms with Crippen LogP contribution in [0, 0.1) is 5.92 Å². The van der Waals surface area contributed by atoms with Crippen LogP contribution in [0.25, 0.3) is 0 Å². The SMILES string of the molecule is CCc1cc(=O)[nH]c(CN2CCC(C)C(O)C2)n1. The van der Waals surface area contributed by atoms with Crippen molar-refractivity contribution in [2.45, 2.75) is 39.3 Å². The third-order valence-corrected chi connectivity index (χ3v) is 3.58.